The van der Waals surface area contributed by atoms with E-state index in [1.165, 1.54) is 21.8 Å². The van der Waals surface area contributed by atoms with Gasteiger partial charge in [0.1, 0.15) is 24.2 Å². The Bertz CT molecular complexity index is 1000. The SMILES string of the molecule is O=C(c1ccc(OC2=CCC(C(=O)n3ccnc3)C=C2)cc1)n1ccnc1. The molecule has 7 nitrogen and oxygen atoms in total. The van der Waals surface area contributed by atoms with E-state index in [0.717, 1.165) is 0 Å². The van der Waals surface area contributed by atoms with Gasteiger partial charge in [-0.25, -0.2) is 9.97 Å². The predicted octanol–water partition coefficient (Wildman–Crippen LogP) is 2.95. The molecule has 27 heavy (non-hydrogen) atoms. The summed E-state index contributed by atoms with van der Waals surface area (Å²) in [5, 5.41) is 0. The second-order valence-electron chi connectivity index (χ2n) is 6.02. The first-order valence-corrected chi connectivity index (χ1v) is 8.42. The fraction of sp³-hybridized carbons (Fsp3) is 0.100. The van der Waals surface area contributed by atoms with Gasteiger partial charge in [0.25, 0.3) is 5.91 Å². The molecule has 0 saturated carbocycles. The fourth-order valence-electron chi connectivity index (χ4n) is 2.77. The highest BCUT2D eigenvalue weighted by molar-refractivity contribution is 5.95. The third-order valence-electron chi connectivity index (χ3n) is 4.22. The van der Waals surface area contributed by atoms with E-state index in [9.17, 15) is 9.59 Å². The Hall–Kier alpha value is -3.74. The quantitative estimate of drug-likeness (QED) is 0.715. The van der Waals surface area contributed by atoms with Crippen LogP contribution in [0.15, 0.2) is 85.7 Å². The molecule has 1 aliphatic carbocycles. The molecule has 0 N–H and O–H groups in total. The number of aromatic nitrogens is 4. The van der Waals surface area contributed by atoms with E-state index in [1.807, 2.05) is 12.2 Å². The van der Waals surface area contributed by atoms with Crippen molar-refractivity contribution in [2.45, 2.75) is 6.42 Å². The molecule has 7 heteroatoms. The smallest absolute Gasteiger partial charge is 0.263 e. The number of carbonyl (C=O) groups excluding carboxylic acids is 2. The molecule has 3 aromatic rings. The van der Waals surface area contributed by atoms with Crippen LogP contribution in [0.1, 0.15) is 21.6 Å². The molecule has 1 unspecified atom stereocenters. The van der Waals surface area contributed by atoms with Crippen LogP contribution < -0.4 is 4.74 Å². The fourth-order valence-corrected chi connectivity index (χ4v) is 2.77. The molecule has 4 rings (SSSR count). The number of benzene rings is 1. The van der Waals surface area contributed by atoms with Gasteiger partial charge in [-0.2, -0.15) is 0 Å². The van der Waals surface area contributed by atoms with Crippen molar-refractivity contribution in [3.05, 3.63) is 91.3 Å². The zero-order valence-electron chi connectivity index (χ0n) is 14.3. The summed E-state index contributed by atoms with van der Waals surface area (Å²) in [6.07, 6.45) is 15.4. The van der Waals surface area contributed by atoms with E-state index < -0.39 is 0 Å². The molecule has 0 bridgehead atoms. The molecular weight excluding hydrogens is 344 g/mol. The van der Waals surface area contributed by atoms with Crippen molar-refractivity contribution in [2.75, 3.05) is 0 Å². The second-order valence-corrected chi connectivity index (χ2v) is 6.02. The molecule has 0 saturated heterocycles. The number of imidazole rings is 2. The van der Waals surface area contributed by atoms with Gasteiger partial charge in [-0.05, 0) is 42.8 Å². The molecular formula is C20H16N4O3. The molecule has 0 radical (unpaired) electrons. The van der Waals surface area contributed by atoms with Crippen LogP contribution in [0.5, 0.6) is 5.75 Å². The summed E-state index contributed by atoms with van der Waals surface area (Å²) in [7, 11) is 0. The molecule has 0 fully saturated rings. The topological polar surface area (TPSA) is 79.0 Å². The lowest BCUT2D eigenvalue weighted by Crippen LogP contribution is -2.20. The van der Waals surface area contributed by atoms with Gasteiger partial charge < -0.3 is 4.74 Å². The Labute approximate surface area is 155 Å². The number of ether oxygens (including phenoxy) is 1. The first-order chi connectivity index (χ1) is 13.2. The van der Waals surface area contributed by atoms with E-state index in [0.29, 0.717) is 23.5 Å². The molecule has 1 atom stereocenters. The number of nitrogens with zero attached hydrogens (tertiary/aromatic N) is 4. The van der Waals surface area contributed by atoms with Gasteiger partial charge >= 0.3 is 0 Å². The Morgan fingerprint density at radius 2 is 1.70 bits per heavy atom. The lowest BCUT2D eigenvalue weighted by Gasteiger charge is -2.16. The molecule has 0 amide bonds. The maximum Gasteiger partial charge on any atom is 0.263 e. The van der Waals surface area contributed by atoms with Crippen molar-refractivity contribution < 1.29 is 14.3 Å². The van der Waals surface area contributed by atoms with Gasteiger partial charge in [0.05, 0.1) is 5.92 Å². The summed E-state index contributed by atoms with van der Waals surface area (Å²) in [6.45, 7) is 0. The summed E-state index contributed by atoms with van der Waals surface area (Å²) in [4.78, 5) is 32.3. The predicted molar refractivity (Wildman–Crippen MR) is 97.2 cm³/mol. The van der Waals surface area contributed by atoms with E-state index in [2.05, 4.69) is 9.97 Å². The van der Waals surface area contributed by atoms with Crippen LogP contribution >= 0.6 is 0 Å². The summed E-state index contributed by atoms with van der Waals surface area (Å²) >= 11 is 0. The van der Waals surface area contributed by atoms with Crippen LogP contribution in [0.3, 0.4) is 0 Å². The van der Waals surface area contributed by atoms with Crippen molar-refractivity contribution >= 4 is 11.8 Å². The highest BCUT2D eigenvalue weighted by Crippen LogP contribution is 2.22. The second kappa shape index (κ2) is 7.25. The number of hydrogen-bond acceptors (Lipinski definition) is 5. The Morgan fingerprint density at radius 3 is 2.30 bits per heavy atom. The maximum atomic E-state index is 12.3. The summed E-state index contributed by atoms with van der Waals surface area (Å²) in [5.74, 6) is 0.866. The maximum absolute atomic E-state index is 12.3. The highest BCUT2D eigenvalue weighted by atomic mass is 16.5. The summed E-state index contributed by atoms with van der Waals surface area (Å²) < 4.78 is 8.71. The zero-order chi connectivity index (χ0) is 18.6. The van der Waals surface area contributed by atoms with Gasteiger partial charge in [-0.15, -0.1) is 0 Å². The molecule has 1 aromatic carbocycles. The van der Waals surface area contributed by atoms with Gasteiger partial charge in [0, 0.05) is 30.4 Å². The van der Waals surface area contributed by atoms with E-state index in [1.54, 1.807) is 55.1 Å². The van der Waals surface area contributed by atoms with Gasteiger partial charge in [-0.3, -0.25) is 18.7 Å². The summed E-state index contributed by atoms with van der Waals surface area (Å²) in [6, 6.07) is 6.88. The third kappa shape index (κ3) is 3.62. The van der Waals surface area contributed by atoms with Crippen LogP contribution in [0.2, 0.25) is 0 Å². The number of allylic oxidation sites excluding steroid dienone is 3. The van der Waals surface area contributed by atoms with Crippen LogP contribution in [0, 0.1) is 5.92 Å². The van der Waals surface area contributed by atoms with E-state index in [-0.39, 0.29) is 17.7 Å². The standard InChI is InChI=1S/C20H16N4O3/c25-19(23-11-9-21-13-23)15-1-5-17(6-2-15)27-18-7-3-16(4-8-18)20(26)24-12-10-22-14-24/h1-3,5-14,16H,4H2. The third-order valence-corrected chi connectivity index (χ3v) is 4.22. The minimum atomic E-state index is -0.235. The van der Waals surface area contributed by atoms with Crippen molar-refractivity contribution in [1.82, 2.24) is 19.1 Å². The molecule has 0 spiro atoms. The lowest BCUT2D eigenvalue weighted by atomic mass is 9.99. The molecule has 134 valence electrons. The Morgan fingerprint density at radius 1 is 1.00 bits per heavy atom. The van der Waals surface area contributed by atoms with E-state index >= 15 is 0 Å². The Balaban J connectivity index is 1.38. The van der Waals surface area contributed by atoms with Crippen molar-refractivity contribution in [3.63, 3.8) is 0 Å². The molecule has 1 aliphatic rings. The van der Waals surface area contributed by atoms with Gasteiger partial charge in [0.15, 0.2) is 0 Å². The van der Waals surface area contributed by atoms with Crippen LogP contribution in [-0.2, 0) is 0 Å². The number of rotatable bonds is 4. The van der Waals surface area contributed by atoms with Crippen molar-refractivity contribution in [1.29, 1.82) is 0 Å². The molecule has 2 aromatic heterocycles. The molecule has 2 heterocycles. The summed E-state index contributed by atoms with van der Waals surface area (Å²) in [5.41, 5.74) is 0.541. The first-order valence-electron chi connectivity index (χ1n) is 8.42. The highest BCUT2D eigenvalue weighted by Gasteiger charge is 2.19. The lowest BCUT2D eigenvalue weighted by molar-refractivity contribution is 0.0860. The first kappa shape index (κ1) is 16.7. The van der Waals surface area contributed by atoms with Crippen molar-refractivity contribution in [2.24, 2.45) is 5.92 Å². The van der Waals surface area contributed by atoms with Gasteiger partial charge in [0.2, 0.25) is 5.91 Å². The van der Waals surface area contributed by atoms with Crippen LogP contribution in [0.4, 0.5) is 0 Å². The van der Waals surface area contributed by atoms with Crippen LogP contribution in [0.25, 0.3) is 0 Å². The number of carbonyl (C=O) groups is 2. The normalized spacial score (nSPS) is 16.0. The zero-order valence-corrected chi connectivity index (χ0v) is 14.3. The minimum Gasteiger partial charge on any atom is -0.458 e. The van der Waals surface area contributed by atoms with E-state index in [4.69, 9.17) is 4.74 Å². The van der Waals surface area contributed by atoms with Gasteiger partial charge in [-0.1, -0.05) is 6.08 Å². The average Bonchev–Trinajstić information content (AvgIpc) is 3.42. The number of hydrogen-bond donors (Lipinski definition) is 0. The van der Waals surface area contributed by atoms with Crippen LogP contribution in [-0.4, -0.2) is 30.9 Å². The average molecular weight is 360 g/mol. The monoisotopic (exact) mass is 360 g/mol. The molecule has 0 aliphatic heterocycles. The largest absolute Gasteiger partial charge is 0.458 e. The van der Waals surface area contributed by atoms with Crippen molar-refractivity contribution in [3.8, 4) is 5.75 Å². The Kier molecular flexibility index (Phi) is 4.49. The minimum absolute atomic E-state index is 0.0265.